The molecule has 3 aromatic rings. The van der Waals surface area contributed by atoms with Gasteiger partial charge < -0.3 is 4.40 Å². The fourth-order valence-electron chi connectivity index (χ4n) is 2.81. The predicted octanol–water partition coefficient (Wildman–Crippen LogP) is 4.19. The van der Waals surface area contributed by atoms with Crippen molar-refractivity contribution >= 4 is 16.4 Å². The molecule has 0 N–H and O–H groups in total. The monoisotopic (exact) mass is 265 g/mol. The van der Waals surface area contributed by atoms with E-state index in [0.29, 0.717) is 0 Å². The van der Waals surface area contributed by atoms with E-state index < -0.39 is 0 Å². The average Bonchev–Trinajstić information content (AvgIpc) is 2.46. The van der Waals surface area contributed by atoms with Crippen LogP contribution in [0.15, 0.2) is 53.3 Å². The van der Waals surface area contributed by atoms with Crippen LogP contribution >= 0.6 is 0 Å². The molecule has 0 fully saturated rings. The summed E-state index contributed by atoms with van der Waals surface area (Å²) in [4.78, 5) is 11.9. The molecule has 0 amide bonds. The Morgan fingerprint density at radius 2 is 1.85 bits per heavy atom. The van der Waals surface area contributed by atoms with Crippen LogP contribution in [0.3, 0.4) is 0 Å². The standard InChI is InChI=1S/C18H19NO/c1-2-3-4-8-15-12-17(20)13-16-11-10-14-7-5-6-9-18(14)19(15)16/h5-7,9-13H,2-4,8H2,1H3. The second kappa shape index (κ2) is 5.49. The summed E-state index contributed by atoms with van der Waals surface area (Å²) < 4.78 is 2.23. The maximum Gasteiger partial charge on any atom is 0.182 e. The van der Waals surface area contributed by atoms with Crippen molar-refractivity contribution in [3.8, 4) is 0 Å². The summed E-state index contributed by atoms with van der Waals surface area (Å²) in [5.74, 6) is 0. The molecule has 0 bridgehead atoms. The van der Waals surface area contributed by atoms with Gasteiger partial charge in [0.2, 0.25) is 0 Å². The van der Waals surface area contributed by atoms with Gasteiger partial charge in [-0.1, -0.05) is 44.0 Å². The maximum absolute atomic E-state index is 11.9. The molecule has 2 heterocycles. The summed E-state index contributed by atoms with van der Waals surface area (Å²) in [7, 11) is 0. The number of para-hydroxylation sites is 1. The minimum Gasteiger partial charge on any atom is -0.313 e. The molecular formula is C18H19NO. The van der Waals surface area contributed by atoms with Crippen LogP contribution in [-0.2, 0) is 6.42 Å². The fraction of sp³-hybridized carbons (Fsp3) is 0.278. The van der Waals surface area contributed by atoms with E-state index >= 15 is 0 Å². The lowest BCUT2D eigenvalue weighted by Crippen LogP contribution is -2.08. The molecule has 2 aromatic heterocycles. The van der Waals surface area contributed by atoms with Crippen LogP contribution in [0.1, 0.15) is 31.9 Å². The van der Waals surface area contributed by atoms with Gasteiger partial charge in [-0.05, 0) is 30.4 Å². The highest BCUT2D eigenvalue weighted by Crippen LogP contribution is 2.19. The molecule has 0 aliphatic rings. The summed E-state index contributed by atoms with van der Waals surface area (Å²) in [6.45, 7) is 2.20. The lowest BCUT2D eigenvalue weighted by Gasteiger charge is -2.12. The highest BCUT2D eigenvalue weighted by Gasteiger charge is 2.05. The van der Waals surface area contributed by atoms with E-state index in [4.69, 9.17) is 0 Å². The number of pyridine rings is 2. The van der Waals surface area contributed by atoms with Crippen molar-refractivity contribution in [1.29, 1.82) is 0 Å². The van der Waals surface area contributed by atoms with Crippen molar-refractivity contribution in [3.63, 3.8) is 0 Å². The van der Waals surface area contributed by atoms with Crippen LogP contribution in [0.4, 0.5) is 0 Å². The molecule has 0 radical (unpaired) electrons. The minimum atomic E-state index is 0.103. The normalized spacial score (nSPS) is 11.2. The Bertz CT molecular complexity index is 801. The van der Waals surface area contributed by atoms with Crippen molar-refractivity contribution in [2.45, 2.75) is 32.6 Å². The number of hydrogen-bond acceptors (Lipinski definition) is 1. The Balaban J connectivity index is 2.25. The van der Waals surface area contributed by atoms with E-state index in [2.05, 4.69) is 35.6 Å². The summed E-state index contributed by atoms with van der Waals surface area (Å²) in [5.41, 5.74) is 3.39. The Hall–Kier alpha value is -2.09. The lowest BCUT2D eigenvalue weighted by atomic mass is 10.1. The molecule has 0 saturated carbocycles. The molecule has 1 aromatic carbocycles. The molecule has 0 aliphatic carbocycles. The number of nitrogens with zero attached hydrogens (tertiary/aromatic N) is 1. The number of fused-ring (bicyclic) bond motifs is 3. The first-order valence-corrected chi connectivity index (χ1v) is 7.33. The Labute approximate surface area is 118 Å². The van der Waals surface area contributed by atoms with Gasteiger partial charge in [0.15, 0.2) is 5.43 Å². The van der Waals surface area contributed by atoms with Gasteiger partial charge in [-0.2, -0.15) is 0 Å². The molecule has 102 valence electrons. The summed E-state index contributed by atoms with van der Waals surface area (Å²) >= 11 is 0. The van der Waals surface area contributed by atoms with Gasteiger partial charge in [-0.25, -0.2) is 0 Å². The molecule has 0 unspecified atom stereocenters. The number of benzene rings is 1. The summed E-state index contributed by atoms with van der Waals surface area (Å²) in [5, 5.41) is 1.21. The van der Waals surface area contributed by atoms with Crippen molar-refractivity contribution in [1.82, 2.24) is 4.40 Å². The van der Waals surface area contributed by atoms with E-state index in [9.17, 15) is 4.79 Å². The van der Waals surface area contributed by atoms with Gasteiger partial charge in [0.05, 0.1) is 5.52 Å². The zero-order valence-corrected chi connectivity index (χ0v) is 11.8. The van der Waals surface area contributed by atoms with Crippen molar-refractivity contribution in [2.24, 2.45) is 0 Å². The van der Waals surface area contributed by atoms with Crippen molar-refractivity contribution in [3.05, 3.63) is 64.4 Å². The first-order valence-electron chi connectivity index (χ1n) is 7.33. The maximum atomic E-state index is 11.9. The van der Waals surface area contributed by atoms with Gasteiger partial charge in [-0.15, -0.1) is 0 Å². The fourth-order valence-corrected chi connectivity index (χ4v) is 2.81. The van der Waals surface area contributed by atoms with E-state index in [-0.39, 0.29) is 5.43 Å². The van der Waals surface area contributed by atoms with Crippen LogP contribution < -0.4 is 5.43 Å². The SMILES string of the molecule is CCCCCc1cc(=O)cc2ccc3ccccc3n12. The van der Waals surface area contributed by atoms with Crippen LogP contribution in [0.2, 0.25) is 0 Å². The smallest absolute Gasteiger partial charge is 0.182 e. The van der Waals surface area contributed by atoms with Gasteiger partial charge in [0.1, 0.15) is 0 Å². The second-order valence-electron chi connectivity index (χ2n) is 5.29. The van der Waals surface area contributed by atoms with E-state index in [1.807, 2.05) is 12.1 Å². The van der Waals surface area contributed by atoms with Crippen molar-refractivity contribution < 1.29 is 0 Å². The minimum absolute atomic E-state index is 0.103. The Kier molecular flexibility index (Phi) is 3.55. The van der Waals surface area contributed by atoms with Gasteiger partial charge in [0, 0.05) is 23.3 Å². The topological polar surface area (TPSA) is 21.5 Å². The molecule has 2 nitrogen and oxygen atoms in total. The zero-order valence-electron chi connectivity index (χ0n) is 11.8. The van der Waals surface area contributed by atoms with Crippen LogP contribution in [0, 0.1) is 0 Å². The highest BCUT2D eigenvalue weighted by molar-refractivity contribution is 5.82. The zero-order chi connectivity index (χ0) is 13.9. The third-order valence-corrected chi connectivity index (χ3v) is 3.79. The van der Waals surface area contributed by atoms with E-state index in [1.54, 1.807) is 12.1 Å². The number of unbranched alkanes of at least 4 members (excludes halogenated alkanes) is 2. The van der Waals surface area contributed by atoms with Crippen LogP contribution in [0.25, 0.3) is 16.4 Å². The number of rotatable bonds is 4. The lowest BCUT2D eigenvalue weighted by molar-refractivity contribution is 0.703. The van der Waals surface area contributed by atoms with Crippen molar-refractivity contribution in [2.75, 3.05) is 0 Å². The largest absolute Gasteiger partial charge is 0.313 e. The molecule has 0 aliphatic heterocycles. The molecule has 0 spiro atoms. The third kappa shape index (κ3) is 2.34. The van der Waals surface area contributed by atoms with Gasteiger partial charge >= 0.3 is 0 Å². The van der Waals surface area contributed by atoms with Gasteiger partial charge in [0.25, 0.3) is 0 Å². The molecule has 0 atom stereocenters. The quantitative estimate of drug-likeness (QED) is 0.512. The van der Waals surface area contributed by atoms with Gasteiger partial charge in [-0.3, -0.25) is 4.79 Å². The summed E-state index contributed by atoms with van der Waals surface area (Å²) in [6.07, 6.45) is 4.49. The predicted molar refractivity (Wildman–Crippen MR) is 84.4 cm³/mol. The summed E-state index contributed by atoms with van der Waals surface area (Å²) in [6, 6.07) is 16.0. The number of aryl methyl sites for hydroxylation is 1. The highest BCUT2D eigenvalue weighted by atomic mass is 16.1. The molecule has 20 heavy (non-hydrogen) atoms. The average molecular weight is 265 g/mol. The number of hydrogen-bond donors (Lipinski definition) is 0. The molecule has 3 rings (SSSR count). The first-order chi connectivity index (χ1) is 9.79. The van der Waals surface area contributed by atoms with E-state index in [1.165, 1.54) is 23.7 Å². The number of aromatic nitrogens is 1. The van der Waals surface area contributed by atoms with E-state index in [0.717, 1.165) is 24.1 Å². The first kappa shape index (κ1) is 12.9. The Morgan fingerprint density at radius 3 is 2.70 bits per heavy atom. The van der Waals surface area contributed by atoms with Crippen LogP contribution in [-0.4, -0.2) is 4.40 Å². The molecule has 2 heteroatoms. The second-order valence-corrected chi connectivity index (χ2v) is 5.29. The van der Waals surface area contributed by atoms with Crippen LogP contribution in [0.5, 0.6) is 0 Å². The third-order valence-electron chi connectivity index (χ3n) is 3.79. The Morgan fingerprint density at radius 1 is 1.00 bits per heavy atom. The molecular weight excluding hydrogens is 246 g/mol. The molecule has 0 saturated heterocycles.